The number of amides is 1. The summed E-state index contributed by atoms with van der Waals surface area (Å²) in [5.74, 6) is -0.0985. The third-order valence-corrected chi connectivity index (χ3v) is 4.68. The lowest BCUT2D eigenvalue weighted by molar-refractivity contribution is -0.137. The summed E-state index contributed by atoms with van der Waals surface area (Å²) in [6.45, 7) is 4.78. The molecule has 4 nitrogen and oxygen atoms in total. The molecule has 1 atom stereocenters. The maximum absolute atomic E-state index is 13.6. The molecule has 1 aliphatic heterocycles. The van der Waals surface area contributed by atoms with Crippen LogP contribution >= 0.6 is 0 Å². The lowest BCUT2D eigenvalue weighted by atomic mass is 9.98. The highest BCUT2D eigenvalue weighted by Crippen LogP contribution is 2.19. The van der Waals surface area contributed by atoms with Crippen LogP contribution in [0.5, 0.6) is 0 Å². The predicted octanol–water partition coefficient (Wildman–Crippen LogP) is 2.75. The quantitative estimate of drug-likeness (QED) is 0.743. The van der Waals surface area contributed by atoms with Gasteiger partial charge in [-0.25, -0.2) is 4.39 Å². The number of piperidine rings is 1. The van der Waals surface area contributed by atoms with Crippen molar-refractivity contribution in [3.05, 3.63) is 35.6 Å². The Kier molecular flexibility index (Phi) is 7.66. The number of halogens is 1. The second-order valence-electron chi connectivity index (χ2n) is 6.57. The zero-order valence-corrected chi connectivity index (χ0v) is 14.5. The van der Waals surface area contributed by atoms with Gasteiger partial charge >= 0.3 is 0 Å². The van der Waals surface area contributed by atoms with Gasteiger partial charge in [-0.1, -0.05) is 25.1 Å². The Hall–Kier alpha value is -1.46. The third kappa shape index (κ3) is 5.56. The van der Waals surface area contributed by atoms with E-state index in [4.69, 9.17) is 10.5 Å². The molecule has 2 rings (SSSR count). The van der Waals surface area contributed by atoms with Crippen LogP contribution in [0.25, 0.3) is 0 Å². The number of benzene rings is 1. The van der Waals surface area contributed by atoms with Gasteiger partial charge in [-0.3, -0.25) is 4.79 Å². The minimum atomic E-state index is -0.187. The van der Waals surface area contributed by atoms with E-state index in [0.717, 1.165) is 32.4 Å². The first kappa shape index (κ1) is 18.9. The Labute approximate surface area is 144 Å². The third-order valence-electron chi connectivity index (χ3n) is 4.68. The molecule has 2 N–H and O–H groups in total. The summed E-state index contributed by atoms with van der Waals surface area (Å²) in [7, 11) is 0. The molecule has 0 saturated carbocycles. The zero-order chi connectivity index (χ0) is 17.4. The second kappa shape index (κ2) is 9.74. The average molecular weight is 336 g/mol. The lowest BCUT2D eigenvalue weighted by Crippen LogP contribution is -2.43. The molecule has 0 aromatic heterocycles. The van der Waals surface area contributed by atoms with E-state index in [2.05, 4.69) is 0 Å². The molecule has 1 unspecified atom stereocenters. The first-order valence-corrected chi connectivity index (χ1v) is 8.95. The van der Waals surface area contributed by atoms with Crippen LogP contribution in [-0.4, -0.2) is 43.2 Å². The molecule has 134 valence electrons. The summed E-state index contributed by atoms with van der Waals surface area (Å²) >= 11 is 0. The monoisotopic (exact) mass is 336 g/mol. The molecule has 24 heavy (non-hydrogen) atoms. The Morgan fingerprint density at radius 3 is 2.75 bits per heavy atom. The van der Waals surface area contributed by atoms with Crippen molar-refractivity contribution < 1.29 is 13.9 Å². The van der Waals surface area contributed by atoms with Crippen LogP contribution < -0.4 is 5.73 Å². The van der Waals surface area contributed by atoms with Gasteiger partial charge in [0, 0.05) is 25.6 Å². The number of ether oxygens (including phenoxy) is 1. The molecular weight excluding hydrogens is 307 g/mol. The van der Waals surface area contributed by atoms with Crippen molar-refractivity contribution in [2.75, 3.05) is 26.2 Å². The van der Waals surface area contributed by atoms with Crippen molar-refractivity contribution in [1.29, 1.82) is 0 Å². The van der Waals surface area contributed by atoms with E-state index < -0.39 is 0 Å². The van der Waals surface area contributed by atoms with Gasteiger partial charge in [0.05, 0.1) is 6.10 Å². The van der Waals surface area contributed by atoms with Gasteiger partial charge in [0.15, 0.2) is 0 Å². The molecule has 1 aliphatic rings. The van der Waals surface area contributed by atoms with E-state index in [-0.39, 0.29) is 23.7 Å². The number of aryl methyl sites for hydroxylation is 1. The van der Waals surface area contributed by atoms with Crippen LogP contribution in [0.2, 0.25) is 0 Å². The molecule has 0 aliphatic carbocycles. The van der Waals surface area contributed by atoms with Crippen molar-refractivity contribution in [2.24, 2.45) is 11.7 Å². The highest BCUT2D eigenvalue weighted by Gasteiger charge is 2.26. The highest BCUT2D eigenvalue weighted by molar-refractivity contribution is 5.78. The van der Waals surface area contributed by atoms with E-state index in [9.17, 15) is 9.18 Å². The molecule has 1 heterocycles. The summed E-state index contributed by atoms with van der Waals surface area (Å²) in [6.07, 6.45) is 4.17. The first-order chi connectivity index (χ1) is 11.6. The van der Waals surface area contributed by atoms with Crippen LogP contribution in [0.1, 0.15) is 38.2 Å². The van der Waals surface area contributed by atoms with Crippen molar-refractivity contribution in [3.8, 4) is 0 Å². The number of rotatable bonds is 8. The van der Waals surface area contributed by atoms with Crippen molar-refractivity contribution >= 4 is 5.91 Å². The molecule has 0 radical (unpaired) electrons. The summed E-state index contributed by atoms with van der Waals surface area (Å²) in [5.41, 5.74) is 6.15. The van der Waals surface area contributed by atoms with E-state index in [1.54, 1.807) is 12.1 Å². The summed E-state index contributed by atoms with van der Waals surface area (Å²) in [5, 5.41) is 0. The normalized spacial score (nSPS) is 17.0. The highest BCUT2D eigenvalue weighted by atomic mass is 19.1. The summed E-state index contributed by atoms with van der Waals surface area (Å²) in [4.78, 5) is 14.5. The van der Waals surface area contributed by atoms with E-state index in [0.29, 0.717) is 31.6 Å². The summed E-state index contributed by atoms with van der Waals surface area (Å²) in [6, 6.07) is 6.78. The Morgan fingerprint density at radius 1 is 1.38 bits per heavy atom. The minimum absolute atomic E-state index is 0.0840. The number of nitrogens with zero attached hydrogens (tertiary/aromatic N) is 1. The van der Waals surface area contributed by atoms with Crippen molar-refractivity contribution in [1.82, 2.24) is 4.90 Å². The zero-order valence-electron chi connectivity index (χ0n) is 14.5. The number of carbonyl (C=O) groups excluding carboxylic acids is 1. The smallest absolute Gasteiger partial charge is 0.225 e. The molecule has 0 bridgehead atoms. The van der Waals surface area contributed by atoms with Crippen LogP contribution in [-0.2, 0) is 16.0 Å². The van der Waals surface area contributed by atoms with Crippen LogP contribution in [0.4, 0.5) is 4.39 Å². The van der Waals surface area contributed by atoms with E-state index in [1.807, 2.05) is 17.9 Å². The number of likely N-dealkylation sites (tertiary alicyclic amines) is 1. The molecule has 0 spiro atoms. The summed E-state index contributed by atoms with van der Waals surface area (Å²) < 4.78 is 19.4. The SMILES string of the molecule is CC(CCc1ccccc1F)C(=O)N1CCC(OCCCN)CC1. The molecule has 1 aromatic rings. The lowest BCUT2D eigenvalue weighted by Gasteiger charge is -2.33. The standard InChI is InChI=1S/C19H29FN2O2/c1-15(7-8-16-5-2-3-6-18(16)20)19(23)22-12-9-17(10-13-22)24-14-4-11-21/h2-3,5-6,15,17H,4,7-14,21H2,1H3. The van der Waals surface area contributed by atoms with Gasteiger partial charge in [0.1, 0.15) is 5.82 Å². The molecule has 1 saturated heterocycles. The Bertz CT molecular complexity index is 516. The van der Waals surface area contributed by atoms with Crippen molar-refractivity contribution in [2.45, 2.75) is 45.1 Å². The fourth-order valence-corrected chi connectivity index (χ4v) is 3.08. The number of nitrogens with two attached hydrogens (primary N) is 1. The Morgan fingerprint density at radius 2 is 2.08 bits per heavy atom. The van der Waals surface area contributed by atoms with Crippen molar-refractivity contribution in [3.63, 3.8) is 0 Å². The van der Waals surface area contributed by atoms with Gasteiger partial charge in [-0.2, -0.15) is 0 Å². The fraction of sp³-hybridized carbons (Fsp3) is 0.632. The average Bonchev–Trinajstić information content (AvgIpc) is 2.61. The van der Waals surface area contributed by atoms with Gasteiger partial charge in [0.25, 0.3) is 0 Å². The minimum Gasteiger partial charge on any atom is -0.378 e. The van der Waals surface area contributed by atoms with Gasteiger partial charge in [-0.15, -0.1) is 0 Å². The fourth-order valence-electron chi connectivity index (χ4n) is 3.08. The predicted molar refractivity (Wildman–Crippen MR) is 93.1 cm³/mol. The van der Waals surface area contributed by atoms with Gasteiger partial charge < -0.3 is 15.4 Å². The molecular formula is C19H29FN2O2. The number of carbonyl (C=O) groups is 1. The first-order valence-electron chi connectivity index (χ1n) is 8.95. The number of hydrogen-bond acceptors (Lipinski definition) is 3. The van der Waals surface area contributed by atoms with E-state index in [1.165, 1.54) is 6.07 Å². The van der Waals surface area contributed by atoms with Gasteiger partial charge in [-0.05, 0) is 50.3 Å². The second-order valence-corrected chi connectivity index (χ2v) is 6.57. The van der Waals surface area contributed by atoms with Gasteiger partial charge in [0.2, 0.25) is 5.91 Å². The molecule has 5 heteroatoms. The topological polar surface area (TPSA) is 55.6 Å². The van der Waals surface area contributed by atoms with Crippen LogP contribution in [0.3, 0.4) is 0 Å². The largest absolute Gasteiger partial charge is 0.378 e. The molecule has 1 amide bonds. The maximum Gasteiger partial charge on any atom is 0.225 e. The molecule has 1 fully saturated rings. The van der Waals surface area contributed by atoms with E-state index >= 15 is 0 Å². The van der Waals surface area contributed by atoms with Crippen LogP contribution in [0.15, 0.2) is 24.3 Å². The van der Waals surface area contributed by atoms with Crippen LogP contribution in [0, 0.1) is 11.7 Å². The number of hydrogen-bond donors (Lipinski definition) is 1. The molecule has 1 aromatic carbocycles. The maximum atomic E-state index is 13.6. The Balaban J connectivity index is 1.73.